The van der Waals surface area contributed by atoms with E-state index in [-0.39, 0.29) is 30.1 Å². The summed E-state index contributed by atoms with van der Waals surface area (Å²) < 4.78 is 35.4. The van der Waals surface area contributed by atoms with Gasteiger partial charge >= 0.3 is 18.2 Å². The van der Waals surface area contributed by atoms with Gasteiger partial charge in [-0.2, -0.15) is 28.2 Å². The summed E-state index contributed by atoms with van der Waals surface area (Å²) in [5, 5.41) is 47.9. The number of carboxylic acids is 1. The summed E-state index contributed by atoms with van der Waals surface area (Å²) in [7, 11) is 0. The van der Waals surface area contributed by atoms with Crippen LogP contribution in [0.4, 0.5) is 35.5 Å². The number of nitrogens with zero attached hydrogens (tertiary/aromatic N) is 8. The van der Waals surface area contributed by atoms with Crippen LogP contribution in [-0.2, 0) is 4.79 Å². The van der Waals surface area contributed by atoms with E-state index in [1.807, 2.05) is 54.2 Å². The van der Waals surface area contributed by atoms with Gasteiger partial charge in [0.15, 0.2) is 17.0 Å². The average molecular weight is 925 g/mol. The minimum absolute atomic E-state index is 0.0420. The van der Waals surface area contributed by atoms with Crippen molar-refractivity contribution in [1.82, 2.24) is 44.9 Å². The summed E-state index contributed by atoms with van der Waals surface area (Å²) in [6.07, 6.45) is 5.53. The minimum Gasteiger partial charge on any atom is -0.475 e. The lowest BCUT2D eigenvalue weighted by Crippen LogP contribution is -2.51. The number of hydrogen-bond acceptors (Lipinski definition) is 12. The topological polar surface area (TPSA) is 220 Å². The zero-order valence-corrected chi connectivity index (χ0v) is 36.9. The van der Waals surface area contributed by atoms with E-state index in [4.69, 9.17) is 24.9 Å². The van der Waals surface area contributed by atoms with Crippen molar-refractivity contribution in [3.8, 4) is 0 Å². The molecule has 6 aromatic rings. The van der Waals surface area contributed by atoms with Gasteiger partial charge in [0.1, 0.15) is 18.0 Å². The Morgan fingerprint density at radius 2 is 1.39 bits per heavy atom. The number of aromatic nitrogens is 7. The quantitative estimate of drug-likeness (QED) is 0.0728. The molecular formula is C47H55F3N12O5. The molecule has 0 bridgehead atoms. The first-order chi connectivity index (χ1) is 32.3. The Balaban J connectivity index is 0.000000807. The first kappa shape index (κ1) is 46.7. The highest BCUT2D eigenvalue weighted by Crippen LogP contribution is 2.40. The van der Waals surface area contributed by atoms with Crippen molar-refractivity contribution in [1.29, 1.82) is 0 Å². The zero-order valence-electron chi connectivity index (χ0n) is 36.9. The number of carbonyl (C=O) groups is 2. The van der Waals surface area contributed by atoms with Gasteiger partial charge in [0, 0.05) is 56.1 Å². The van der Waals surface area contributed by atoms with Gasteiger partial charge in [-0.1, -0.05) is 66.7 Å². The number of halogens is 3. The molecule has 2 aromatic carbocycles. The number of nitrogens with one attached hydrogen (secondary N) is 4. The second-order valence-electron chi connectivity index (χ2n) is 17.4. The number of imidazole rings is 1. The Morgan fingerprint density at radius 1 is 0.791 bits per heavy atom. The maximum atomic E-state index is 13.1. The Morgan fingerprint density at radius 3 is 1.97 bits per heavy atom. The number of amides is 2. The number of rotatable bonds is 12. The third-order valence-corrected chi connectivity index (χ3v) is 12.8. The highest BCUT2D eigenvalue weighted by Gasteiger charge is 2.45. The maximum absolute atomic E-state index is 13.1. The van der Waals surface area contributed by atoms with Crippen molar-refractivity contribution in [2.45, 2.75) is 106 Å². The SMILES string of the molecule is Cc1cnn([C@H]2C[C@@H](n3cnc4c(NCC(c5ccccc5)c5ccccc5)nc(NC5CCC(NC(=O)NC6CCN(c7ccccn7)CC6)CC5)nc43)[C@H](O)[C@@H]2O)c1.O=C(O)C(F)(F)F. The minimum atomic E-state index is -5.08. The fourth-order valence-corrected chi connectivity index (χ4v) is 9.25. The van der Waals surface area contributed by atoms with Crippen molar-refractivity contribution in [3.63, 3.8) is 0 Å². The number of aryl methyl sites for hydroxylation is 1. The van der Waals surface area contributed by atoms with Crippen LogP contribution >= 0.6 is 0 Å². The number of aliphatic hydroxyl groups excluding tert-OH is 2. The molecule has 5 heterocycles. The monoisotopic (exact) mass is 924 g/mol. The predicted octanol–water partition coefficient (Wildman–Crippen LogP) is 6.20. The van der Waals surface area contributed by atoms with E-state index < -0.39 is 36.4 Å². The number of benzene rings is 2. The number of urea groups is 1. The lowest BCUT2D eigenvalue weighted by molar-refractivity contribution is -0.192. The summed E-state index contributed by atoms with van der Waals surface area (Å²) in [4.78, 5) is 43.6. The predicted molar refractivity (Wildman–Crippen MR) is 245 cm³/mol. The molecule has 1 saturated heterocycles. The van der Waals surface area contributed by atoms with Crippen molar-refractivity contribution in [2.75, 3.05) is 35.2 Å². The normalized spacial score (nSPS) is 22.2. The van der Waals surface area contributed by atoms with E-state index in [2.05, 4.69) is 84.8 Å². The third kappa shape index (κ3) is 11.4. The van der Waals surface area contributed by atoms with Crippen LogP contribution in [0.15, 0.2) is 104 Å². The first-order valence-electron chi connectivity index (χ1n) is 22.6. The fourth-order valence-electron chi connectivity index (χ4n) is 9.25. The van der Waals surface area contributed by atoms with Gasteiger partial charge < -0.3 is 46.1 Å². The molecule has 17 nitrogen and oxygen atoms in total. The number of hydrogen-bond donors (Lipinski definition) is 7. The fraction of sp³-hybridized carbons (Fsp3) is 0.426. The number of piperidine rings is 1. The van der Waals surface area contributed by atoms with E-state index in [0.29, 0.717) is 35.9 Å². The number of anilines is 3. The van der Waals surface area contributed by atoms with Gasteiger partial charge in [0.2, 0.25) is 5.95 Å². The van der Waals surface area contributed by atoms with Crippen molar-refractivity contribution in [3.05, 3.63) is 120 Å². The standard InChI is InChI=1S/C45H54N12O3.C2HF3O2/c1-29-25-49-57(27-29)37-24-36(40(58)41(37)59)56-28-48-39-42(47-26-35(30-10-4-2-5-11-30)31-12-6-3-7-13-31)53-44(54-43(39)56)50-32-15-17-33(18-16-32)51-45(60)52-34-19-22-55(23-20-34)38-14-8-9-21-46-38;3-2(4,5)1(6)7/h2-14,21,25,27-28,32-37,40-41,58-59H,15-20,22-24,26H2,1H3,(H2,51,52,60)(H2,47,50,53,54);(H,6,7)/t32?,33?,36-,37+,40+,41-;/m1./s1. The van der Waals surface area contributed by atoms with Crippen LogP contribution < -0.4 is 26.2 Å². The molecule has 2 aliphatic carbocycles. The Kier molecular flexibility index (Phi) is 14.5. The maximum Gasteiger partial charge on any atom is 0.490 e. The van der Waals surface area contributed by atoms with E-state index in [9.17, 15) is 28.2 Å². The lowest BCUT2D eigenvalue weighted by Gasteiger charge is -2.34. The van der Waals surface area contributed by atoms with Crippen molar-refractivity contribution >= 4 is 40.7 Å². The summed E-state index contributed by atoms with van der Waals surface area (Å²) in [5.74, 6) is -0.687. The van der Waals surface area contributed by atoms with E-state index in [1.54, 1.807) is 17.2 Å². The molecule has 0 radical (unpaired) electrons. The van der Waals surface area contributed by atoms with Crippen molar-refractivity contribution < 1.29 is 38.1 Å². The Labute approximate surface area is 384 Å². The van der Waals surface area contributed by atoms with Gasteiger partial charge in [-0.15, -0.1) is 0 Å². The van der Waals surface area contributed by atoms with Crippen LogP contribution in [0, 0.1) is 6.92 Å². The number of pyridine rings is 1. The van der Waals surface area contributed by atoms with Crippen LogP contribution in [0.25, 0.3) is 11.2 Å². The number of aliphatic hydroxyl groups is 2. The third-order valence-electron chi connectivity index (χ3n) is 12.8. The molecule has 20 heteroatoms. The molecule has 1 aliphatic heterocycles. The summed E-state index contributed by atoms with van der Waals surface area (Å²) in [6.45, 7) is 4.23. The van der Waals surface area contributed by atoms with Gasteiger partial charge in [-0.05, 0) is 80.7 Å². The van der Waals surface area contributed by atoms with Crippen LogP contribution in [-0.4, -0.2) is 118 Å². The van der Waals surface area contributed by atoms with Crippen LogP contribution in [0.2, 0.25) is 0 Å². The molecule has 2 amide bonds. The summed E-state index contributed by atoms with van der Waals surface area (Å²) >= 11 is 0. The van der Waals surface area contributed by atoms with Gasteiger partial charge in [0.05, 0.1) is 24.6 Å². The molecule has 0 unspecified atom stereocenters. The number of carbonyl (C=O) groups excluding carboxylic acids is 1. The first-order valence-corrected chi connectivity index (χ1v) is 22.6. The highest BCUT2D eigenvalue weighted by atomic mass is 19.4. The van der Waals surface area contributed by atoms with E-state index in [1.165, 1.54) is 11.1 Å². The molecular weight excluding hydrogens is 870 g/mol. The second kappa shape index (κ2) is 20.8. The van der Waals surface area contributed by atoms with Crippen molar-refractivity contribution in [2.24, 2.45) is 0 Å². The average Bonchev–Trinajstić information content (AvgIpc) is 4.04. The van der Waals surface area contributed by atoms with Gasteiger partial charge in [0.25, 0.3) is 0 Å². The van der Waals surface area contributed by atoms with Crippen LogP contribution in [0.1, 0.15) is 79.6 Å². The summed E-state index contributed by atoms with van der Waals surface area (Å²) in [6, 6.07) is 26.1. The lowest BCUT2D eigenvalue weighted by atomic mass is 9.91. The highest BCUT2D eigenvalue weighted by molar-refractivity contribution is 5.84. The number of alkyl halides is 3. The molecule has 7 N–H and O–H groups in total. The molecule has 9 rings (SSSR count). The van der Waals surface area contributed by atoms with E-state index in [0.717, 1.165) is 63.0 Å². The van der Waals surface area contributed by atoms with Gasteiger partial charge in [-0.25, -0.2) is 19.6 Å². The summed E-state index contributed by atoms with van der Waals surface area (Å²) in [5.41, 5.74) is 4.49. The molecule has 4 atom stereocenters. The Bertz CT molecular complexity index is 2510. The number of fused-ring (bicyclic) bond motifs is 1. The molecule has 3 fully saturated rings. The Hall–Kier alpha value is -6.80. The second-order valence-corrected chi connectivity index (χ2v) is 17.4. The smallest absolute Gasteiger partial charge is 0.475 e. The molecule has 354 valence electrons. The van der Waals surface area contributed by atoms with Crippen LogP contribution in [0.3, 0.4) is 0 Å². The van der Waals surface area contributed by atoms with Crippen LogP contribution in [0.5, 0.6) is 0 Å². The van der Waals surface area contributed by atoms with E-state index >= 15 is 0 Å². The molecule has 67 heavy (non-hydrogen) atoms. The zero-order chi connectivity index (χ0) is 47.1. The largest absolute Gasteiger partial charge is 0.490 e. The molecule has 4 aromatic heterocycles. The molecule has 3 aliphatic rings. The number of aliphatic carboxylic acids is 1. The number of carboxylic acid groups (broad SMARTS) is 1. The van der Waals surface area contributed by atoms with Gasteiger partial charge in [-0.3, -0.25) is 4.68 Å². The molecule has 0 spiro atoms. The molecule has 2 saturated carbocycles.